The molecule has 6 heteroatoms. The summed E-state index contributed by atoms with van der Waals surface area (Å²) in [5.74, 6) is -0.187. The number of methoxy groups -OCH3 is 1. The second kappa shape index (κ2) is 7.99. The van der Waals surface area contributed by atoms with Crippen molar-refractivity contribution in [1.82, 2.24) is 4.98 Å². The Bertz CT molecular complexity index is 714. The maximum Gasteiger partial charge on any atom is 0.351 e. The fourth-order valence-electron chi connectivity index (χ4n) is 1.75. The van der Waals surface area contributed by atoms with Crippen LogP contribution >= 0.6 is 23.2 Å². The minimum absolute atomic E-state index is 0.338. The molecule has 1 aromatic carbocycles. The topological polar surface area (TPSA) is 48.4 Å². The lowest BCUT2D eigenvalue weighted by atomic mass is 10.2. The molecule has 0 fully saturated rings. The predicted octanol–water partition coefficient (Wildman–Crippen LogP) is 4.33. The number of hydrogen-bond acceptors (Lipinski definition) is 4. The summed E-state index contributed by atoms with van der Waals surface area (Å²) in [5.41, 5.74) is 1.78. The van der Waals surface area contributed by atoms with Crippen molar-refractivity contribution >= 4 is 35.2 Å². The van der Waals surface area contributed by atoms with Crippen molar-refractivity contribution in [3.63, 3.8) is 0 Å². The van der Waals surface area contributed by atoms with Crippen LogP contribution in [0.1, 0.15) is 11.1 Å². The van der Waals surface area contributed by atoms with Crippen LogP contribution in [0.5, 0.6) is 5.88 Å². The van der Waals surface area contributed by atoms with Crippen molar-refractivity contribution in [1.29, 1.82) is 0 Å². The van der Waals surface area contributed by atoms with E-state index in [-0.39, 0.29) is 0 Å². The van der Waals surface area contributed by atoms with Gasteiger partial charge in [-0.05, 0) is 36.3 Å². The number of pyridine rings is 1. The first-order valence-corrected chi connectivity index (χ1v) is 7.55. The van der Waals surface area contributed by atoms with Crippen molar-refractivity contribution in [2.45, 2.75) is 13.0 Å². The molecule has 0 aliphatic rings. The lowest BCUT2D eigenvalue weighted by molar-refractivity contribution is -0.146. The molecular weight excluding hydrogens is 337 g/mol. The molecule has 0 saturated heterocycles. The van der Waals surface area contributed by atoms with Gasteiger partial charge >= 0.3 is 5.97 Å². The maximum atomic E-state index is 11.9. The Kier molecular flexibility index (Phi) is 6.02. The zero-order valence-corrected chi connectivity index (χ0v) is 14.1. The number of ether oxygens (including phenoxy) is 2. The van der Waals surface area contributed by atoms with Gasteiger partial charge in [-0.2, -0.15) is 0 Å². The number of carbonyl (C=O) groups excluding carboxylic acids is 1. The predicted molar refractivity (Wildman–Crippen MR) is 90.9 cm³/mol. The van der Waals surface area contributed by atoms with Gasteiger partial charge in [-0.1, -0.05) is 41.4 Å². The Hall–Kier alpha value is -2.04. The second-order valence-electron chi connectivity index (χ2n) is 4.77. The molecule has 0 aliphatic carbocycles. The molecule has 0 amide bonds. The van der Waals surface area contributed by atoms with Gasteiger partial charge < -0.3 is 9.47 Å². The van der Waals surface area contributed by atoms with Crippen LogP contribution in [0, 0.1) is 6.92 Å². The van der Waals surface area contributed by atoms with Gasteiger partial charge in [0.25, 0.3) is 0 Å². The zero-order chi connectivity index (χ0) is 16.8. The van der Waals surface area contributed by atoms with E-state index in [2.05, 4.69) is 4.98 Å². The highest BCUT2D eigenvalue weighted by Crippen LogP contribution is 2.23. The highest BCUT2D eigenvalue weighted by molar-refractivity contribution is 6.42. The summed E-state index contributed by atoms with van der Waals surface area (Å²) in [6, 6.07) is 8.69. The molecule has 120 valence electrons. The first kappa shape index (κ1) is 17.3. The summed E-state index contributed by atoms with van der Waals surface area (Å²) >= 11 is 11.8. The summed E-state index contributed by atoms with van der Waals surface area (Å²) in [6.45, 7) is 1.92. The van der Waals surface area contributed by atoms with Gasteiger partial charge in [-0.3, -0.25) is 0 Å². The van der Waals surface area contributed by atoms with E-state index in [0.29, 0.717) is 15.9 Å². The van der Waals surface area contributed by atoms with Crippen molar-refractivity contribution in [2.24, 2.45) is 0 Å². The average molecular weight is 352 g/mol. The number of nitrogens with zero attached hydrogens (tertiary/aromatic N) is 1. The molecular formula is C17H15Cl2NO3. The number of esters is 1. The molecule has 0 radical (unpaired) electrons. The zero-order valence-electron chi connectivity index (χ0n) is 12.6. The van der Waals surface area contributed by atoms with Crippen LogP contribution in [0.2, 0.25) is 10.0 Å². The third kappa shape index (κ3) is 4.98. The van der Waals surface area contributed by atoms with Crippen LogP contribution in [0.4, 0.5) is 0 Å². The largest absolute Gasteiger partial charge is 0.466 e. The molecule has 1 heterocycles. The highest BCUT2D eigenvalue weighted by atomic mass is 35.5. The first-order chi connectivity index (χ1) is 11.0. The Morgan fingerprint density at radius 3 is 2.61 bits per heavy atom. The molecule has 0 unspecified atom stereocenters. The van der Waals surface area contributed by atoms with E-state index in [1.54, 1.807) is 42.6 Å². The van der Waals surface area contributed by atoms with Crippen molar-refractivity contribution in [3.05, 3.63) is 63.8 Å². The SMILES string of the molecule is COC(=O)[C@@H](/C=C/c1ccc(Cl)c(Cl)c1)Oc1ccc(C)cn1. The molecule has 0 N–H and O–H groups in total. The lowest BCUT2D eigenvalue weighted by Crippen LogP contribution is -2.26. The summed E-state index contributed by atoms with van der Waals surface area (Å²) < 4.78 is 10.3. The third-order valence-corrected chi connectivity index (χ3v) is 3.71. The molecule has 1 atom stereocenters. The van der Waals surface area contributed by atoms with Crippen molar-refractivity contribution in [3.8, 4) is 5.88 Å². The van der Waals surface area contributed by atoms with E-state index in [1.807, 2.05) is 13.0 Å². The Labute approximate surface area is 144 Å². The van der Waals surface area contributed by atoms with E-state index in [9.17, 15) is 4.79 Å². The molecule has 0 bridgehead atoms. The normalized spacial score (nSPS) is 12.2. The molecule has 1 aromatic heterocycles. The van der Waals surface area contributed by atoms with Gasteiger partial charge in [0.05, 0.1) is 17.2 Å². The van der Waals surface area contributed by atoms with Crippen molar-refractivity contribution < 1.29 is 14.3 Å². The Balaban J connectivity index is 2.17. The van der Waals surface area contributed by atoms with Crippen molar-refractivity contribution in [2.75, 3.05) is 7.11 Å². The van der Waals surface area contributed by atoms with E-state index >= 15 is 0 Å². The van der Waals surface area contributed by atoms with Gasteiger partial charge in [0.1, 0.15) is 0 Å². The highest BCUT2D eigenvalue weighted by Gasteiger charge is 2.18. The fraction of sp³-hybridized carbons (Fsp3) is 0.176. The van der Waals surface area contributed by atoms with Crippen LogP contribution in [-0.2, 0) is 9.53 Å². The van der Waals surface area contributed by atoms with Crippen LogP contribution in [0.15, 0.2) is 42.6 Å². The Morgan fingerprint density at radius 2 is 2.00 bits per heavy atom. The maximum absolute atomic E-state index is 11.9. The molecule has 23 heavy (non-hydrogen) atoms. The standard InChI is InChI=1S/C17H15Cl2NO3/c1-11-3-8-16(20-10-11)23-15(17(21)22-2)7-5-12-4-6-13(18)14(19)9-12/h3-10,15H,1-2H3/b7-5+/t15-/m1/s1. The summed E-state index contributed by atoms with van der Waals surface area (Å²) in [5, 5.41) is 0.901. The molecule has 2 aromatic rings. The first-order valence-electron chi connectivity index (χ1n) is 6.80. The van der Waals surface area contributed by atoms with E-state index in [4.69, 9.17) is 32.7 Å². The molecule has 0 aliphatic heterocycles. The van der Waals surface area contributed by atoms with E-state index < -0.39 is 12.1 Å². The summed E-state index contributed by atoms with van der Waals surface area (Å²) in [7, 11) is 1.30. The van der Waals surface area contributed by atoms with Crippen LogP contribution in [0.3, 0.4) is 0 Å². The van der Waals surface area contributed by atoms with Crippen LogP contribution in [0.25, 0.3) is 6.08 Å². The smallest absolute Gasteiger partial charge is 0.351 e. The molecule has 4 nitrogen and oxygen atoms in total. The number of aryl methyl sites for hydroxylation is 1. The van der Waals surface area contributed by atoms with Gasteiger partial charge in [0.2, 0.25) is 12.0 Å². The van der Waals surface area contributed by atoms with Crippen LogP contribution < -0.4 is 4.74 Å². The van der Waals surface area contributed by atoms with Gasteiger partial charge in [0, 0.05) is 12.3 Å². The Morgan fingerprint density at radius 1 is 1.22 bits per heavy atom. The number of hydrogen-bond donors (Lipinski definition) is 0. The van der Waals surface area contributed by atoms with E-state index in [0.717, 1.165) is 11.1 Å². The number of benzene rings is 1. The number of aromatic nitrogens is 1. The second-order valence-corrected chi connectivity index (χ2v) is 5.58. The lowest BCUT2D eigenvalue weighted by Gasteiger charge is -2.12. The molecule has 0 spiro atoms. The monoisotopic (exact) mass is 351 g/mol. The quantitative estimate of drug-likeness (QED) is 0.752. The van der Waals surface area contributed by atoms with Crippen LogP contribution in [-0.4, -0.2) is 24.2 Å². The summed E-state index contributed by atoms with van der Waals surface area (Å²) in [4.78, 5) is 16.0. The van der Waals surface area contributed by atoms with E-state index in [1.165, 1.54) is 7.11 Å². The van der Waals surface area contributed by atoms with Gasteiger partial charge in [-0.15, -0.1) is 0 Å². The number of rotatable bonds is 5. The van der Waals surface area contributed by atoms with Gasteiger partial charge in [0.15, 0.2) is 0 Å². The number of halogens is 2. The minimum Gasteiger partial charge on any atom is -0.466 e. The fourth-order valence-corrected chi connectivity index (χ4v) is 2.06. The average Bonchev–Trinajstić information content (AvgIpc) is 2.55. The number of carbonyl (C=O) groups is 1. The minimum atomic E-state index is -0.912. The molecule has 2 rings (SSSR count). The van der Waals surface area contributed by atoms with Gasteiger partial charge in [-0.25, -0.2) is 9.78 Å². The summed E-state index contributed by atoms with van der Waals surface area (Å²) in [6.07, 6.45) is 4.03. The third-order valence-electron chi connectivity index (χ3n) is 2.97. The molecule has 0 saturated carbocycles.